The van der Waals surface area contributed by atoms with Gasteiger partial charge in [0.1, 0.15) is 5.75 Å². The van der Waals surface area contributed by atoms with Gasteiger partial charge < -0.3 is 9.47 Å². The molecule has 0 saturated carbocycles. The Morgan fingerprint density at radius 1 is 1.33 bits per heavy atom. The summed E-state index contributed by atoms with van der Waals surface area (Å²) in [5.41, 5.74) is 0.245. The van der Waals surface area contributed by atoms with Crippen LogP contribution >= 0.6 is 10.7 Å². The Labute approximate surface area is 109 Å². The molecule has 5 nitrogen and oxygen atoms in total. The highest BCUT2D eigenvalue weighted by atomic mass is 35.7. The first kappa shape index (κ1) is 14.5. The molecule has 0 amide bonds. The third kappa shape index (κ3) is 3.75. The van der Waals surface area contributed by atoms with E-state index in [1.807, 2.05) is 0 Å². The van der Waals surface area contributed by atoms with Crippen molar-refractivity contribution in [3.05, 3.63) is 29.8 Å². The fraction of sp³-hybridized carbons (Fsp3) is 0.182. The van der Waals surface area contributed by atoms with Gasteiger partial charge in [0, 0.05) is 16.8 Å². The molecule has 98 valence electrons. The highest BCUT2D eigenvalue weighted by Gasteiger charge is 2.15. The largest absolute Gasteiger partial charge is 0.497 e. The zero-order valence-electron chi connectivity index (χ0n) is 9.71. The number of hydrogen-bond donors (Lipinski definition) is 0. The van der Waals surface area contributed by atoms with E-state index in [4.69, 9.17) is 15.4 Å². The van der Waals surface area contributed by atoms with Crippen LogP contribution in [0, 0.1) is 0 Å². The second-order valence-electron chi connectivity index (χ2n) is 3.20. The van der Waals surface area contributed by atoms with Gasteiger partial charge in [0.05, 0.1) is 19.1 Å². The van der Waals surface area contributed by atoms with Gasteiger partial charge in [0.15, 0.2) is 0 Å². The highest BCUT2D eigenvalue weighted by Crippen LogP contribution is 2.25. The quantitative estimate of drug-likeness (QED) is 0.480. The van der Waals surface area contributed by atoms with E-state index in [1.54, 1.807) is 0 Å². The third-order valence-electron chi connectivity index (χ3n) is 2.08. The molecule has 0 fully saturated rings. The van der Waals surface area contributed by atoms with E-state index >= 15 is 0 Å². The summed E-state index contributed by atoms with van der Waals surface area (Å²) >= 11 is 0. The molecular formula is C11H11ClO5S. The molecule has 1 rings (SSSR count). The summed E-state index contributed by atoms with van der Waals surface area (Å²) in [4.78, 5) is 10.9. The maximum Gasteiger partial charge on any atom is 0.330 e. The number of halogens is 1. The molecule has 1 aromatic rings. The lowest BCUT2D eigenvalue weighted by Gasteiger charge is -2.05. The minimum absolute atomic E-state index is 0.106. The highest BCUT2D eigenvalue weighted by molar-refractivity contribution is 8.13. The zero-order chi connectivity index (χ0) is 13.8. The minimum atomic E-state index is -3.90. The molecule has 0 saturated heterocycles. The second-order valence-corrected chi connectivity index (χ2v) is 5.73. The summed E-state index contributed by atoms with van der Waals surface area (Å²) in [6.07, 6.45) is 2.39. The first-order chi connectivity index (χ1) is 8.38. The van der Waals surface area contributed by atoms with Gasteiger partial charge in [0.25, 0.3) is 9.05 Å². The van der Waals surface area contributed by atoms with Crippen molar-refractivity contribution >= 4 is 31.8 Å². The van der Waals surface area contributed by atoms with E-state index in [0.717, 1.165) is 6.08 Å². The summed E-state index contributed by atoms with van der Waals surface area (Å²) < 4.78 is 32.1. The number of methoxy groups -OCH3 is 2. The van der Waals surface area contributed by atoms with Crippen molar-refractivity contribution in [1.82, 2.24) is 0 Å². The van der Waals surface area contributed by atoms with E-state index in [0.29, 0.717) is 5.75 Å². The molecule has 0 atom stereocenters. The number of carbonyl (C=O) groups excluding carboxylic acids is 1. The number of ether oxygens (including phenoxy) is 2. The summed E-state index contributed by atoms with van der Waals surface area (Å²) in [5.74, 6) is -0.153. The standard InChI is InChI=1S/C11H11ClO5S/c1-16-9-4-5-10(18(12,14)15)8(7-9)3-6-11(13)17-2/h3-7H,1-2H3. The molecule has 1 aromatic carbocycles. The molecule has 0 N–H and O–H groups in total. The van der Waals surface area contributed by atoms with Crippen molar-refractivity contribution in [3.8, 4) is 5.75 Å². The van der Waals surface area contributed by atoms with Gasteiger partial charge in [-0.2, -0.15) is 0 Å². The summed E-state index contributed by atoms with van der Waals surface area (Å²) in [5, 5.41) is 0. The number of carbonyl (C=O) groups is 1. The Morgan fingerprint density at radius 3 is 2.50 bits per heavy atom. The van der Waals surface area contributed by atoms with Crippen LogP contribution in [0.5, 0.6) is 5.75 Å². The summed E-state index contributed by atoms with van der Waals surface area (Å²) in [6.45, 7) is 0. The van der Waals surface area contributed by atoms with Gasteiger partial charge in [-0.05, 0) is 29.8 Å². The van der Waals surface area contributed by atoms with Crippen LogP contribution in [0.2, 0.25) is 0 Å². The average Bonchev–Trinajstić information content (AvgIpc) is 2.34. The SMILES string of the molecule is COC(=O)C=Cc1cc(OC)ccc1S(=O)(=O)Cl. The molecule has 0 spiro atoms. The Kier molecular flexibility index (Phi) is 4.75. The van der Waals surface area contributed by atoms with Gasteiger partial charge >= 0.3 is 5.97 Å². The van der Waals surface area contributed by atoms with E-state index in [1.165, 1.54) is 38.5 Å². The molecule has 0 radical (unpaired) electrons. The number of rotatable bonds is 4. The molecule has 0 aliphatic rings. The fourth-order valence-electron chi connectivity index (χ4n) is 1.23. The normalized spacial score (nSPS) is 11.5. The second kappa shape index (κ2) is 5.88. The van der Waals surface area contributed by atoms with Crippen molar-refractivity contribution in [2.24, 2.45) is 0 Å². The Balaban J connectivity index is 3.29. The van der Waals surface area contributed by atoms with Crippen molar-refractivity contribution in [1.29, 1.82) is 0 Å². The van der Waals surface area contributed by atoms with E-state index < -0.39 is 15.0 Å². The molecule has 18 heavy (non-hydrogen) atoms. The van der Waals surface area contributed by atoms with E-state index in [9.17, 15) is 13.2 Å². The molecule has 0 aliphatic carbocycles. The smallest absolute Gasteiger partial charge is 0.330 e. The average molecular weight is 291 g/mol. The predicted octanol–water partition coefficient (Wildman–Crippen LogP) is 1.81. The number of esters is 1. The Hall–Kier alpha value is -1.53. The molecule has 0 bridgehead atoms. The molecule has 0 aliphatic heterocycles. The number of hydrogen-bond acceptors (Lipinski definition) is 5. The molecule has 7 heteroatoms. The van der Waals surface area contributed by atoms with Gasteiger partial charge in [-0.1, -0.05) is 0 Å². The fourth-order valence-corrected chi connectivity index (χ4v) is 2.29. The maximum absolute atomic E-state index is 11.3. The minimum Gasteiger partial charge on any atom is -0.497 e. The van der Waals surface area contributed by atoms with Crippen molar-refractivity contribution in [2.75, 3.05) is 14.2 Å². The first-order valence-electron chi connectivity index (χ1n) is 4.77. The van der Waals surface area contributed by atoms with Crippen LogP contribution in [-0.2, 0) is 18.6 Å². The van der Waals surface area contributed by atoms with Crippen LogP contribution in [0.25, 0.3) is 6.08 Å². The van der Waals surface area contributed by atoms with Gasteiger partial charge in [0.2, 0.25) is 0 Å². The van der Waals surface area contributed by atoms with Crippen molar-refractivity contribution in [3.63, 3.8) is 0 Å². The zero-order valence-corrected chi connectivity index (χ0v) is 11.3. The van der Waals surface area contributed by atoms with Gasteiger partial charge in [-0.3, -0.25) is 0 Å². The van der Waals surface area contributed by atoms with Gasteiger partial charge in [-0.25, -0.2) is 13.2 Å². The Bertz CT molecular complexity index is 577. The topological polar surface area (TPSA) is 69.7 Å². The lowest BCUT2D eigenvalue weighted by atomic mass is 10.2. The summed E-state index contributed by atoms with van der Waals surface area (Å²) in [6, 6.07) is 4.22. The van der Waals surface area contributed by atoms with Crippen molar-refractivity contribution in [2.45, 2.75) is 4.90 Å². The van der Waals surface area contributed by atoms with Crippen LogP contribution in [0.15, 0.2) is 29.2 Å². The predicted molar refractivity (Wildman–Crippen MR) is 67.1 cm³/mol. The lowest BCUT2D eigenvalue weighted by molar-refractivity contribution is -0.134. The van der Waals surface area contributed by atoms with E-state index in [2.05, 4.69) is 4.74 Å². The van der Waals surface area contributed by atoms with Gasteiger partial charge in [-0.15, -0.1) is 0 Å². The van der Waals surface area contributed by atoms with Crippen LogP contribution in [0.4, 0.5) is 0 Å². The molecule has 0 unspecified atom stereocenters. The van der Waals surface area contributed by atoms with E-state index in [-0.39, 0.29) is 10.5 Å². The van der Waals surface area contributed by atoms with Crippen LogP contribution in [0.3, 0.4) is 0 Å². The molecule has 0 aromatic heterocycles. The maximum atomic E-state index is 11.3. The molecular weight excluding hydrogens is 280 g/mol. The van der Waals surface area contributed by atoms with Crippen LogP contribution in [0.1, 0.15) is 5.56 Å². The lowest BCUT2D eigenvalue weighted by Crippen LogP contribution is -1.97. The first-order valence-corrected chi connectivity index (χ1v) is 7.08. The Morgan fingerprint density at radius 2 is 2.00 bits per heavy atom. The van der Waals surface area contributed by atoms with Crippen molar-refractivity contribution < 1.29 is 22.7 Å². The number of benzene rings is 1. The van der Waals surface area contributed by atoms with Crippen LogP contribution in [-0.4, -0.2) is 28.6 Å². The molecule has 0 heterocycles. The third-order valence-corrected chi connectivity index (χ3v) is 3.48. The van der Waals surface area contributed by atoms with Crippen LogP contribution < -0.4 is 4.74 Å². The summed E-state index contributed by atoms with van der Waals surface area (Å²) in [7, 11) is 4.05. The monoisotopic (exact) mass is 290 g/mol.